The van der Waals surface area contributed by atoms with Gasteiger partial charge in [0.05, 0.1) is 7.11 Å². The van der Waals surface area contributed by atoms with Gasteiger partial charge in [0, 0.05) is 11.6 Å². The highest BCUT2D eigenvalue weighted by Crippen LogP contribution is 2.34. The molecule has 0 unspecified atom stereocenters. The van der Waals surface area contributed by atoms with Crippen molar-refractivity contribution in [1.29, 1.82) is 0 Å². The zero-order valence-corrected chi connectivity index (χ0v) is 12.1. The molecule has 0 saturated heterocycles. The van der Waals surface area contributed by atoms with Crippen LogP contribution in [0.15, 0.2) is 24.3 Å². The van der Waals surface area contributed by atoms with E-state index in [1.807, 2.05) is 20.8 Å². The maximum Gasteiger partial charge on any atom is 0.328 e. The average molecular weight is 260 g/mol. The Hall–Kier alpha value is -2.03. The van der Waals surface area contributed by atoms with Crippen LogP contribution >= 0.6 is 0 Å². The summed E-state index contributed by atoms with van der Waals surface area (Å²) in [5.41, 5.74) is 5.43. The summed E-state index contributed by atoms with van der Waals surface area (Å²) in [6.45, 7) is 8.06. The van der Waals surface area contributed by atoms with Crippen molar-refractivity contribution in [2.24, 2.45) is 0 Å². The Labute approximate surface area is 114 Å². The third-order valence-corrected chi connectivity index (χ3v) is 3.17. The van der Waals surface area contributed by atoms with Gasteiger partial charge in [-0.05, 0) is 50.0 Å². The van der Waals surface area contributed by atoms with Crippen LogP contribution < -0.4 is 4.74 Å². The molecular formula is C16H20O3. The lowest BCUT2D eigenvalue weighted by Crippen LogP contribution is -1.98. The van der Waals surface area contributed by atoms with Gasteiger partial charge in [-0.3, -0.25) is 0 Å². The Morgan fingerprint density at radius 3 is 2.42 bits per heavy atom. The topological polar surface area (TPSA) is 46.5 Å². The number of hydrogen-bond acceptors (Lipinski definition) is 2. The predicted molar refractivity (Wildman–Crippen MR) is 77.6 cm³/mol. The fourth-order valence-corrected chi connectivity index (χ4v) is 2.15. The minimum atomic E-state index is -0.951. The van der Waals surface area contributed by atoms with Crippen LogP contribution in [0.4, 0.5) is 0 Å². The second-order valence-corrected chi connectivity index (χ2v) is 4.59. The predicted octanol–water partition coefficient (Wildman–Crippen LogP) is 3.66. The van der Waals surface area contributed by atoms with Crippen molar-refractivity contribution in [3.63, 3.8) is 0 Å². The van der Waals surface area contributed by atoms with E-state index in [1.54, 1.807) is 13.2 Å². The number of carboxylic acids is 1. The molecule has 1 N–H and O–H groups in total. The number of hydrogen-bond donors (Lipinski definition) is 1. The van der Waals surface area contributed by atoms with Crippen LogP contribution in [0.1, 0.15) is 29.2 Å². The van der Waals surface area contributed by atoms with Crippen molar-refractivity contribution in [3.05, 3.63) is 46.5 Å². The maximum absolute atomic E-state index is 10.5. The summed E-state index contributed by atoms with van der Waals surface area (Å²) in [4.78, 5) is 10.5. The summed E-state index contributed by atoms with van der Waals surface area (Å²) in [5.74, 6) is -0.0946. The fraction of sp³-hybridized carbons (Fsp3) is 0.312. The summed E-state index contributed by atoms with van der Waals surface area (Å²) in [5, 5.41) is 8.59. The Morgan fingerprint density at radius 1 is 1.26 bits per heavy atom. The summed E-state index contributed by atoms with van der Waals surface area (Å²) < 4.78 is 5.51. The number of carbonyl (C=O) groups is 1. The quantitative estimate of drug-likeness (QED) is 0.663. The molecule has 0 aliphatic carbocycles. The monoisotopic (exact) mass is 260 g/mol. The normalized spacial score (nSPS) is 11.9. The highest BCUT2D eigenvalue weighted by Gasteiger charge is 2.13. The highest BCUT2D eigenvalue weighted by atomic mass is 16.5. The van der Waals surface area contributed by atoms with Gasteiger partial charge in [0.2, 0.25) is 0 Å². The Kier molecular flexibility index (Phi) is 4.93. The molecule has 0 aromatic heterocycles. The summed E-state index contributed by atoms with van der Waals surface area (Å²) in [6.07, 6.45) is 4.44. The minimum Gasteiger partial charge on any atom is -0.496 e. The zero-order chi connectivity index (χ0) is 14.6. The van der Waals surface area contributed by atoms with Gasteiger partial charge in [-0.25, -0.2) is 4.79 Å². The summed E-state index contributed by atoms with van der Waals surface area (Å²) in [7, 11) is 1.66. The third-order valence-electron chi connectivity index (χ3n) is 3.17. The Bertz CT molecular complexity index is 552. The molecule has 1 aromatic rings. The number of allylic oxidation sites excluding steroid dienone is 3. The van der Waals surface area contributed by atoms with Crippen LogP contribution in [0, 0.1) is 20.8 Å². The zero-order valence-electron chi connectivity index (χ0n) is 12.1. The lowest BCUT2D eigenvalue weighted by atomic mass is 9.94. The first-order valence-electron chi connectivity index (χ1n) is 6.11. The number of methoxy groups -OCH3 is 1. The van der Waals surface area contributed by atoms with Gasteiger partial charge < -0.3 is 9.84 Å². The first-order chi connectivity index (χ1) is 8.88. The van der Waals surface area contributed by atoms with E-state index >= 15 is 0 Å². The van der Waals surface area contributed by atoms with Gasteiger partial charge >= 0.3 is 5.97 Å². The molecule has 0 radical (unpaired) electrons. The molecule has 1 aromatic carbocycles. The molecule has 102 valence electrons. The average Bonchev–Trinajstić information content (AvgIpc) is 2.32. The van der Waals surface area contributed by atoms with E-state index in [2.05, 4.69) is 13.0 Å². The van der Waals surface area contributed by atoms with Gasteiger partial charge in [-0.15, -0.1) is 0 Å². The van der Waals surface area contributed by atoms with E-state index in [0.717, 1.165) is 34.1 Å². The number of rotatable bonds is 4. The molecule has 3 heteroatoms. The molecule has 0 aliphatic heterocycles. The lowest BCUT2D eigenvalue weighted by molar-refractivity contribution is -0.131. The molecule has 0 saturated carbocycles. The molecule has 0 spiro atoms. The van der Waals surface area contributed by atoms with Gasteiger partial charge in [0.1, 0.15) is 5.75 Å². The van der Waals surface area contributed by atoms with Crippen LogP contribution in [0.25, 0.3) is 5.57 Å². The van der Waals surface area contributed by atoms with E-state index in [4.69, 9.17) is 9.84 Å². The van der Waals surface area contributed by atoms with Gasteiger partial charge in [-0.1, -0.05) is 18.2 Å². The van der Waals surface area contributed by atoms with Gasteiger partial charge in [0.25, 0.3) is 0 Å². The van der Waals surface area contributed by atoms with Crippen molar-refractivity contribution < 1.29 is 14.6 Å². The first-order valence-corrected chi connectivity index (χ1v) is 6.11. The molecule has 0 atom stereocenters. The largest absolute Gasteiger partial charge is 0.496 e. The lowest BCUT2D eigenvalue weighted by Gasteiger charge is -2.17. The van der Waals surface area contributed by atoms with Crippen molar-refractivity contribution in [2.45, 2.75) is 27.7 Å². The van der Waals surface area contributed by atoms with Crippen molar-refractivity contribution in [1.82, 2.24) is 0 Å². The molecule has 3 nitrogen and oxygen atoms in total. The molecule has 0 bridgehead atoms. The number of aryl methyl sites for hydroxylation is 2. The second-order valence-electron chi connectivity index (χ2n) is 4.59. The van der Waals surface area contributed by atoms with Crippen LogP contribution in [0.3, 0.4) is 0 Å². The van der Waals surface area contributed by atoms with Crippen LogP contribution in [0.2, 0.25) is 0 Å². The number of aliphatic carboxylic acids is 1. The van der Waals surface area contributed by atoms with E-state index in [9.17, 15) is 4.79 Å². The van der Waals surface area contributed by atoms with E-state index in [0.29, 0.717) is 0 Å². The minimum absolute atomic E-state index is 0.856. The van der Waals surface area contributed by atoms with Crippen molar-refractivity contribution in [3.8, 4) is 5.75 Å². The van der Waals surface area contributed by atoms with Crippen LogP contribution in [-0.4, -0.2) is 18.2 Å². The van der Waals surface area contributed by atoms with E-state index in [1.165, 1.54) is 11.6 Å². The number of carboxylic acid groups (broad SMARTS) is 1. The van der Waals surface area contributed by atoms with E-state index in [-0.39, 0.29) is 0 Å². The van der Waals surface area contributed by atoms with Gasteiger partial charge in [-0.2, -0.15) is 0 Å². The molecule has 0 fully saturated rings. The Balaban J connectivity index is 3.34. The molecule has 0 aliphatic rings. The van der Waals surface area contributed by atoms with Crippen molar-refractivity contribution in [2.75, 3.05) is 7.11 Å². The highest BCUT2D eigenvalue weighted by molar-refractivity contribution is 5.81. The second kappa shape index (κ2) is 6.23. The molecular weight excluding hydrogens is 240 g/mol. The molecule has 0 amide bonds. The van der Waals surface area contributed by atoms with Crippen molar-refractivity contribution >= 4 is 11.5 Å². The SMILES string of the molecule is COc1c(C)c(C)cc(C)c1/C(C)=C/C=C/C(=O)O. The standard InChI is InChI=1S/C16H20O3/c1-10(7-6-8-14(17)18)15-12(3)9-11(2)13(4)16(15)19-5/h6-9H,1-5H3,(H,17,18)/b8-6+,10-7+. The van der Waals surface area contributed by atoms with E-state index < -0.39 is 5.97 Å². The van der Waals surface area contributed by atoms with Gasteiger partial charge in [0.15, 0.2) is 0 Å². The van der Waals surface area contributed by atoms with Crippen LogP contribution in [-0.2, 0) is 4.79 Å². The first kappa shape index (κ1) is 15.0. The number of benzene rings is 1. The third kappa shape index (κ3) is 3.47. The molecule has 19 heavy (non-hydrogen) atoms. The Morgan fingerprint density at radius 2 is 1.89 bits per heavy atom. The molecule has 1 rings (SSSR count). The smallest absolute Gasteiger partial charge is 0.328 e. The number of ether oxygens (including phenoxy) is 1. The summed E-state index contributed by atoms with van der Waals surface area (Å²) >= 11 is 0. The summed E-state index contributed by atoms with van der Waals surface area (Å²) in [6, 6.07) is 2.12. The fourth-order valence-electron chi connectivity index (χ4n) is 2.15. The van der Waals surface area contributed by atoms with Crippen LogP contribution in [0.5, 0.6) is 5.75 Å². The maximum atomic E-state index is 10.5. The molecule has 0 heterocycles.